The van der Waals surface area contributed by atoms with Gasteiger partial charge in [-0.25, -0.2) is 0 Å². The van der Waals surface area contributed by atoms with Crippen molar-refractivity contribution in [3.8, 4) is 0 Å². The van der Waals surface area contributed by atoms with Gasteiger partial charge in [0.25, 0.3) is 0 Å². The highest BCUT2D eigenvalue weighted by Crippen LogP contribution is 2.30. The van der Waals surface area contributed by atoms with E-state index < -0.39 is 6.10 Å². The number of halogens is 3. The molecule has 0 heterocycles. The first-order valence-electron chi connectivity index (χ1n) is 3.34. The smallest absolute Gasteiger partial charge is 0.0901 e. The van der Waals surface area contributed by atoms with Gasteiger partial charge < -0.3 is 5.11 Å². The molecule has 1 atom stereocenters. The number of benzene rings is 1. The molecule has 0 saturated heterocycles. The zero-order valence-electron chi connectivity index (χ0n) is 6.10. The molecular formula is C8H7BrCl2O. The van der Waals surface area contributed by atoms with Crippen LogP contribution < -0.4 is 0 Å². The van der Waals surface area contributed by atoms with E-state index in [4.69, 9.17) is 23.2 Å². The first-order chi connectivity index (χ1) is 5.66. The minimum Gasteiger partial charge on any atom is -0.387 e. The Labute approximate surface area is 89.4 Å². The van der Waals surface area contributed by atoms with Crippen molar-refractivity contribution in [3.63, 3.8) is 0 Å². The molecule has 66 valence electrons. The van der Waals surface area contributed by atoms with Crippen LogP contribution in [0, 0.1) is 0 Å². The molecule has 1 aromatic rings. The number of rotatable bonds is 2. The second kappa shape index (κ2) is 4.47. The Balaban J connectivity index is 3.07. The van der Waals surface area contributed by atoms with Gasteiger partial charge in [0.05, 0.1) is 16.1 Å². The fourth-order valence-corrected chi connectivity index (χ4v) is 1.64. The summed E-state index contributed by atoms with van der Waals surface area (Å²) in [7, 11) is 0. The molecule has 0 radical (unpaired) electrons. The summed E-state index contributed by atoms with van der Waals surface area (Å²) in [5.41, 5.74) is 0.654. The van der Waals surface area contributed by atoms with Gasteiger partial charge in [0, 0.05) is 10.9 Å². The van der Waals surface area contributed by atoms with Gasteiger partial charge >= 0.3 is 0 Å². The highest BCUT2D eigenvalue weighted by atomic mass is 79.9. The van der Waals surface area contributed by atoms with Crippen molar-refractivity contribution >= 4 is 39.1 Å². The third kappa shape index (κ3) is 2.13. The second-order valence-electron chi connectivity index (χ2n) is 2.31. The van der Waals surface area contributed by atoms with Crippen LogP contribution in [0.1, 0.15) is 11.7 Å². The molecule has 1 nitrogen and oxygen atoms in total. The molecule has 0 bridgehead atoms. The van der Waals surface area contributed by atoms with Crippen LogP contribution in [0.25, 0.3) is 0 Å². The maximum atomic E-state index is 9.44. The molecule has 1 N–H and O–H groups in total. The zero-order valence-corrected chi connectivity index (χ0v) is 9.20. The maximum Gasteiger partial charge on any atom is 0.0901 e. The van der Waals surface area contributed by atoms with E-state index >= 15 is 0 Å². The Kier molecular flexibility index (Phi) is 3.84. The van der Waals surface area contributed by atoms with Crippen LogP contribution in [0.4, 0.5) is 0 Å². The summed E-state index contributed by atoms with van der Waals surface area (Å²) in [6, 6.07) is 5.20. The van der Waals surface area contributed by atoms with Crippen LogP contribution in [0.5, 0.6) is 0 Å². The van der Waals surface area contributed by atoms with Crippen molar-refractivity contribution in [1.29, 1.82) is 0 Å². The van der Waals surface area contributed by atoms with Crippen molar-refractivity contribution in [1.82, 2.24) is 0 Å². The Bertz CT molecular complexity index is 278. The maximum absolute atomic E-state index is 9.44. The number of aliphatic hydroxyl groups excluding tert-OH is 1. The van der Waals surface area contributed by atoms with Gasteiger partial charge in [0.2, 0.25) is 0 Å². The molecular weight excluding hydrogens is 263 g/mol. The lowest BCUT2D eigenvalue weighted by Gasteiger charge is -2.09. The van der Waals surface area contributed by atoms with E-state index in [1.807, 2.05) is 0 Å². The van der Waals surface area contributed by atoms with E-state index in [0.717, 1.165) is 0 Å². The van der Waals surface area contributed by atoms with Gasteiger partial charge in [-0.15, -0.1) is 0 Å². The number of hydrogen-bond donors (Lipinski definition) is 1. The first-order valence-corrected chi connectivity index (χ1v) is 5.22. The van der Waals surface area contributed by atoms with Crippen LogP contribution in [0.15, 0.2) is 18.2 Å². The van der Waals surface area contributed by atoms with Gasteiger partial charge in [-0.3, -0.25) is 0 Å². The highest BCUT2D eigenvalue weighted by Gasteiger charge is 2.11. The third-order valence-corrected chi connectivity index (χ3v) is 2.93. The van der Waals surface area contributed by atoms with Crippen LogP contribution in [0.3, 0.4) is 0 Å². The normalized spacial score (nSPS) is 13.0. The zero-order chi connectivity index (χ0) is 9.14. The fourth-order valence-electron chi connectivity index (χ4n) is 0.861. The third-order valence-electron chi connectivity index (χ3n) is 1.49. The van der Waals surface area contributed by atoms with Gasteiger partial charge in [0.15, 0.2) is 0 Å². The molecule has 0 aliphatic heterocycles. The van der Waals surface area contributed by atoms with Crippen molar-refractivity contribution in [2.24, 2.45) is 0 Å². The van der Waals surface area contributed by atoms with Gasteiger partial charge in [-0.1, -0.05) is 51.3 Å². The summed E-state index contributed by atoms with van der Waals surface area (Å²) in [6.07, 6.45) is -0.601. The Hall–Kier alpha value is 0.240. The SMILES string of the molecule is O[C@@H](CBr)c1cccc(Cl)c1Cl. The molecule has 0 aliphatic carbocycles. The van der Waals surface area contributed by atoms with Crippen LogP contribution in [-0.4, -0.2) is 10.4 Å². The molecule has 0 aliphatic rings. The highest BCUT2D eigenvalue weighted by molar-refractivity contribution is 9.09. The Morgan fingerprint density at radius 3 is 2.67 bits per heavy atom. The van der Waals surface area contributed by atoms with E-state index in [1.54, 1.807) is 18.2 Å². The number of alkyl halides is 1. The van der Waals surface area contributed by atoms with Crippen LogP contribution in [0.2, 0.25) is 10.0 Å². The van der Waals surface area contributed by atoms with Gasteiger partial charge in [-0.05, 0) is 6.07 Å². The Morgan fingerprint density at radius 2 is 2.08 bits per heavy atom. The van der Waals surface area contributed by atoms with Crippen molar-refractivity contribution in [2.75, 3.05) is 5.33 Å². The summed E-state index contributed by atoms with van der Waals surface area (Å²) in [5, 5.41) is 10.8. The Morgan fingerprint density at radius 1 is 1.42 bits per heavy atom. The molecule has 0 unspecified atom stereocenters. The summed E-state index contributed by atoms with van der Waals surface area (Å²) < 4.78 is 0. The summed E-state index contributed by atoms with van der Waals surface area (Å²) in [6.45, 7) is 0. The van der Waals surface area contributed by atoms with E-state index in [1.165, 1.54) is 0 Å². The predicted molar refractivity (Wildman–Crippen MR) is 55.2 cm³/mol. The summed E-state index contributed by atoms with van der Waals surface area (Å²) >= 11 is 14.8. The molecule has 0 saturated carbocycles. The molecule has 0 spiro atoms. The minimum atomic E-state index is -0.601. The molecule has 0 aromatic heterocycles. The molecule has 0 fully saturated rings. The lowest BCUT2D eigenvalue weighted by atomic mass is 10.1. The molecule has 1 rings (SSSR count). The second-order valence-corrected chi connectivity index (χ2v) is 3.75. The lowest BCUT2D eigenvalue weighted by molar-refractivity contribution is 0.205. The fraction of sp³-hybridized carbons (Fsp3) is 0.250. The van der Waals surface area contributed by atoms with Crippen LogP contribution in [-0.2, 0) is 0 Å². The quantitative estimate of drug-likeness (QED) is 0.816. The average Bonchev–Trinajstić information content (AvgIpc) is 2.08. The first kappa shape index (κ1) is 10.3. The van der Waals surface area contributed by atoms with E-state index in [-0.39, 0.29) is 0 Å². The van der Waals surface area contributed by atoms with Crippen molar-refractivity contribution < 1.29 is 5.11 Å². The van der Waals surface area contributed by atoms with Crippen LogP contribution >= 0.6 is 39.1 Å². The largest absolute Gasteiger partial charge is 0.387 e. The minimum absolute atomic E-state index is 0.422. The lowest BCUT2D eigenvalue weighted by Crippen LogP contribution is -1.98. The predicted octanol–water partition coefficient (Wildman–Crippen LogP) is 3.42. The van der Waals surface area contributed by atoms with Crippen molar-refractivity contribution in [2.45, 2.75) is 6.10 Å². The monoisotopic (exact) mass is 268 g/mol. The van der Waals surface area contributed by atoms with Gasteiger partial charge in [0.1, 0.15) is 0 Å². The standard InChI is InChI=1S/C8H7BrCl2O/c9-4-7(12)5-2-1-3-6(10)8(5)11/h1-3,7,12H,4H2/t7-/m0/s1. The molecule has 4 heteroatoms. The molecule has 0 amide bonds. The average molecular weight is 270 g/mol. The summed E-state index contributed by atoms with van der Waals surface area (Å²) in [5.74, 6) is 0. The number of hydrogen-bond acceptors (Lipinski definition) is 1. The van der Waals surface area contributed by atoms with E-state index in [2.05, 4.69) is 15.9 Å². The summed E-state index contributed by atoms with van der Waals surface area (Å²) in [4.78, 5) is 0. The number of aliphatic hydroxyl groups is 1. The van der Waals surface area contributed by atoms with Gasteiger partial charge in [-0.2, -0.15) is 0 Å². The van der Waals surface area contributed by atoms with Crippen molar-refractivity contribution in [3.05, 3.63) is 33.8 Å². The molecule has 12 heavy (non-hydrogen) atoms. The van der Waals surface area contributed by atoms with E-state index in [0.29, 0.717) is 20.9 Å². The van der Waals surface area contributed by atoms with E-state index in [9.17, 15) is 5.11 Å². The molecule has 1 aromatic carbocycles. The topological polar surface area (TPSA) is 20.2 Å².